The van der Waals surface area contributed by atoms with E-state index in [0.29, 0.717) is 12.8 Å². The number of piperidine rings is 1. The topological polar surface area (TPSA) is 118 Å². The molecule has 1 aliphatic rings. The fourth-order valence-electron chi connectivity index (χ4n) is 1.95. The molecule has 1 fully saturated rings. The van der Waals surface area contributed by atoms with E-state index in [1.54, 1.807) is 0 Å². The number of allylic oxidation sites excluding steroid dienone is 1. The van der Waals surface area contributed by atoms with Crippen LogP contribution in [0.3, 0.4) is 0 Å². The minimum absolute atomic E-state index is 0.251. The summed E-state index contributed by atoms with van der Waals surface area (Å²) in [4.78, 5) is 37.4. The maximum absolute atomic E-state index is 11.2. The lowest BCUT2D eigenvalue weighted by molar-refractivity contribution is 0.214. The predicted octanol–water partition coefficient (Wildman–Crippen LogP) is 0.667. The highest BCUT2D eigenvalue weighted by Crippen LogP contribution is 2.61. The smallest absolute Gasteiger partial charge is 0.323 e. The Kier molecular flexibility index (Phi) is 4.72. The summed E-state index contributed by atoms with van der Waals surface area (Å²) in [5, 5.41) is 0. The molecular weight excluding hydrogens is 268 g/mol. The van der Waals surface area contributed by atoms with Gasteiger partial charge in [-0.1, -0.05) is 11.6 Å². The minimum Gasteiger partial charge on any atom is -0.323 e. The van der Waals surface area contributed by atoms with Crippen LogP contribution in [0.1, 0.15) is 19.8 Å². The molecule has 0 aromatic heterocycles. The molecule has 0 unspecified atom stereocenters. The van der Waals surface area contributed by atoms with Crippen LogP contribution in [0.5, 0.6) is 0 Å². The van der Waals surface area contributed by atoms with Crippen molar-refractivity contribution in [2.24, 2.45) is 0 Å². The monoisotopic (exact) mass is 285 g/mol. The van der Waals surface area contributed by atoms with Crippen LogP contribution in [-0.2, 0) is 9.13 Å². The number of hydrogen-bond acceptors (Lipinski definition) is 3. The van der Waals surface area contributed by atoms with E-state index in [0.717, 1.165) is 5.57 Å². The summed E-state index contributed by atoms with van der Waals surface area (Å²) in [6.45, 7) is 2.37. The Labute approximate surface area is 99.5 Å². The highest BCUT2D eigenvalue weighted by atomic mass is 31.2. The predicted molar refractivity (Wildman–Crippen MR) is 62.4 cm³/mol. The maximum Gasteiger partial charge on any atom is 0.354 e. The molecule has 0 aromatic rings. The van der Waals surface area contributed by atoms with E-state index in [1.165, 1.54) is 4.90 Å². The van der Waals surface area contributed by atoms with Crippen LogP contribution >= 0.6 is 15.2 Å². The molecule has 1 saturated heterocycles. The van der Waals surface area contributed by atoms with Gasteiger partial charge in [-0.2, -0.15) is 0 Å². The molecule has 0 saturated carbocycles. The van der Waals surface area contributed by atoms with Crippen LogP contribution in [0.25, 0.3) is 0 Å². The van der Waals surface area contributed by atoms with E-state index in [-0.39, 0.29) is 13.1 Å². The molecule has 7 nitrogen and oxygen atoms in total. The fraction of sp³-hybridized carbons (Fsp3) is 0.750. The summed E-state index contributed by atoms with van der Waals surface area (Å²) in [7, 11) is -9.70. The quantitative estimate of drug-likeness (QED) is 0.444. The Bertz CT molecular complexity index is 365. The van der Waals surface area contributed by atoms with E-state index in [9.17, 15) is 9.13 Å². The van der Waals surface area contributed by atoms with Gasteiger partial charge in [-0.05, 0) is 19.8 Å². The fourth-order valence-corrected chi connectivity index (χ4v) is 4.83. The lowest BCUT2D eigenvalue weighted by Gasteiger charge is -2.35. The molecule has 0 bridgehead atoms. The number of hydrogen-bond donors (Lipinski definition) is 4. The number of likely N-dealkylation sites (tertiary alicyclic amines) is 1. The van der Waals surface area contributed by atoms with Crippen molar-refractivity contribution in [3.8, 4) is 0 Å². The number of nitrogens with zero attached hydrogens (tertiary/aromatic N) is 1. The number of rotatable bonds is 3. The van der Waals surface area contributed by atoms with E-state index in [4.69, 9.17) is 19.6 Å². The SMILES string of the molecule is CC=C1CCN(C(P(=O)(O)O)P(=O)(O)O)CC1. The zero-order valence-corrected chi connectivity index (χ0v) is 11.2. The third kappa shape index (κ3) is 4.00. The maximum atomic E-state index is 11.2. The zero-order valence-electron chi connectivity index (χ0n) is 9.43. The van der Waals surface area contributed by atoms with Gasteiger partial charge in [0.25, 0.3) is 0 Å². The summed E-state index contributed by atoms with van der Waals surface area (Å²) >= 11 is 0. The molecule has 0 spiro atoms. The minimum atomic E-state index is -4.85. The molecule has 9 heteroatoms. The average Bonchev–Trinajstić information content (AvgIpc) is 2.14. The molecule has 4 N–H and O–H groups in total. The first-order valence-electron chi connectivity index (χ1n) is 5.15. The standard InChI is InChI=1S/C8H17NO6P2/c1-2-7-3-5-9(6-4-7)8(16(10,11)12)17(13,14)15/h2,8H,3-6H2,1H3,(H2,10,11,12)(H2,13,14,15). The molecule has 100 valence electrons. The summed E-state index contributed by atoms with van der Waals surface area (Å²) in [6, 6.07) is 0. The summed E-state index contributed by atoms with van der Waals surface area (Å²) in [6.07, 6.45) is 3.07. The van der Waals surface area contributed by atoms with Gasteiger partial charge in [-0.3, -0.25) is 14.0 Å². The molecule has 0 atom stereocenters. The first kappa shape index (κ1) is 15.1. The Hall–Kier alpha value is -0.0000000000000000416. The van der Waals surface area contributed by atoms with Crippen LogP contribution < -0.4 is 0 Å². The Balaban J connectivity index is 2.89. The van der Waals surface area contributed by atoms with Crippen molar-refractivity contribution >= 4 is 15.2 Å². The van der Waals surface area contributed by atoms with Gasteiger partial charge < -0.3 is 19.6 Å². The van der Waals surface area contributed by atoms with Gasteiger partial charge in [0.1, 0.15) is 0 Å². The van der Waals surface area contributed by atoms with E-state index in [1.807, 2.05) is 13.0 Å². The van der Waals surface area contributed by atoms with Crippen molar-refractivity contribution in [1.82, 2.24) is 4.90 Å². The molecule has 17 heavy (non-hydrogen) atoms. The second-order valence-corrected chi connectivity index (χ2v) is 7.75. The van der Waals surface area contributed by atoms with Crippen molar-refractivity contribution in [3.05, 3.63) is 11.6 Å². The van der Waals surface area contributed by atoms with Gasteiger partial charge in [0.05, 0.1) is 0 Å². The third-order valence-electron chi connectivity index (χ3n) is 2.78. The lowest BCUT2D eigenvalue weighted by Crippen LogP contribution is -2.39. The van der Waals surface area contributed by atoms with Crippen molar-refractivity contribution in [2.75, 3.05) is 13.1 Å². The van der Waals surface area contributed by atoms with Crippen molar-refractivity contribution in [3.63, 3.8) is 0 Å². The molecule has 0 aliphatic carbocycles. The van der Waals surface area contributed by atoms with Crippen molar-refractivity contribution in [2.45, 2.75) is 25.3 Å². The zero-order chi connectivity index (χ0) is 13.3. The highest BCUT2D eigenvalue weighted by molar-refractivity contribution is 7.70. The van der Waals surface area contributed by atoms with Crippen molar-refractivity contribution < 1.29 is 28.7 Å². The van der Waals surface area contributed by atoms with Gasteiger partial charge in [0.15, 0.2) is 0 Å². The van der Waals surface area contributed by atoms with Crippen LogP contribution in [0.2, 0.25) is 0 Å². The van der Waals surface area contributed by atoms with Crippen molar-refractivity contribution in [1.29, 1.82) is 0 Å². The molecular formula is C8H17NO6P2. The van der Waals surface area contributed by atoms with Gasteiger partial charge in [-0.25, -0.2) is 0 Å². The second-order valence-electron chi connectivity index (χ2n) is 4.01. The van der Waals surface area contributed by atoms with Gasteiger partial charge in [0, 0.05) is 13.1 Å². The summed E-state index contributed by atoms with van der Waals surface area (Å²) in [5.41, 5.74) is -0.871. The van der Waals surface area contributed by atoms with Gasteiger partial charge in [-0.15, -0.1) is 0 Å². The van der Waals surface area contributed by atoms with Gasteiger partial charge in [0.2, 0.25) is 5.52 Å². The van der Waals surface area contributed by atoms with E-state index in [2.05, 4.69) is 0 Å². The summed E-state index contributed by atoms with van der Waals surface area (Å²) < 4.78 is 22.3. The van der Waals surface area contributed by atoms with E-state index >= 15 is 0 Å². The third-order valence-corrected chi connectivity index (χ3v) is 6.44. The molecule has 1 aliphatic heterocycles. The molecule has 0 aromatic carbocycles. The Morgan fingerprint density at radius 2 is 1.53 bits per heavy atom. The Morgan fingerprint density at radius 1 is 1.12 bits per heavy atom. The summed E-state index contributed by atoms with van der Waals surface area (Å²) in [5.74, 6) is 0. The first-order chi connectivity index (χ1) is 7.66. The van der Waals surface area contributed by atoms with Crippen LogP contribution in [-0.4, -0.2) is 43.1 Å². The lowest BCUT2D eigenvalue weighted by atomic mass is 10.1. The molecule has 1 heterocycles. The second kappa shape index (κ2) is 5.33. The average molecular weight is 285 g/mol. The van der Waals surface area contributed by atoms with E-state index < -0.39 is 20.7 Å². The van der Waals surface area contributed by atoms with Crippen LogP contribution in [0.15, 0.2) is 11.6 Å². The highest BCUT2D eigenvalue weighted by Gasteiger charge is 2.47. The Morgan fingerprint density at radius 3 is 1.82 bits per heavy atom. The normalized spacial score (nSPS) is 19.8. The van der Waals surface area contributed by atoms with Gasteiger partial charge >= 0.3 is 15.2 Å². The largest absolute Gasteiger partial charge is 0.354 e. The first-order valence-corrected chi connectivity index (χ1v) is 8.51. The molecule has 0 radical (unpaired) electrons. The van der Waals surface area contributed by atoms with Crippen LogP contribution in [0, 0.1) is 0 Å². The van der Waals surface area contributed by atoms with Crippen LogP contribution in [0.4, 0.5) is 0 Å². The molecule has 0 amide bonds. The molecule has 1 rings (SSSR count).